The van der Waals surface area contributed by atoms with Gasteiger partial charge in [0.05, 0.1) is 5.75 Å². The molecule has 100 valence electrons. The van der Waals surface area contributed by atoms with Crippen molar-refractivity contribution in [2.24, 2.45) is 0 Å². The molecule has 0 spiro atoms. The number of thiophene rings is 1. The monoisotopic (exact) mass is 297 g/mol. The zero-order chi connectivity index (χ0) is 13.9. The van der Waals surface area contributed by atoms with Crippen LogP contribution in [0.4, 0.5) is 5.00 Å². The van der Waals surface area contributed by atoms with Gasteiger partial charge in [0.15, 0.2) is 0 Å². The van der Waals surface area contributed by atoms with Crippen LogP contribution in [-0.2, 0) is 15.8 Å². The van der Waals surface area contributed by atoms with E-state index >= 15 is 0 Å². The molecule has 0 aliphatic heterocycles. The van der Waals surface area contributed by atoms with Crippen LogP contribution in [0.3, 0.4) is 0 Å². The van der Waals surface area contributed by atoms with Crippen molar-refractivity contribution in [3.05, 3.63) is 52.9 Å². The van der Waals surface area contributed by atoms with Gasteiger partial charge in [-0.05, 0) is 17.7 Å². The van der Waals surface area contributed by atoms with Gasteiger partial charge in [0.25, 0.3) is 0 Å². The maximum atomic E-state index is 11.9. The Kier molecular flexibility index (Phi) is 3.87. The minimum atomic E-state index is -3.53. The first-order valence-electron chi connectivity index (χ1n) is 5.34. The van der Waals surface area contributed by atoms with E-state index in [0.717, 1.165) is 11.3 Å². The summed E-state index contributed by atoms with van der Waals surface area (Å²) < 4.78 is 26.2. The number of benzene rings is 1. The number of hydrogen-bond donors (Lipinski definition) is 2. The average Bonchev–Trinajstić information content (AvgIpc) is 2.77. The molecule has 1 aromatic carbocycles. The van der Waals surface area contributed by atoms with Gasteiger partial charge in [-0.15, -0.1) is 11.3 Å². The molecule has 2 rings (SSSR count). The third kappa shape index (κ3) is 3.80. The zero-order valence-electron chi connectivity index (χ0n) is 9.74. The lowest BCUT2D eigenvalue weighted by atomic mass is 10.2. The largest absolute Gasteiger partial charge is 0.477 e. The van der Waals surface area contributed by atoms with Crippen molar-refractivity contribution in [2.45, 2.75) is 5.75 Å². The van der Waals surface area contributed by atoms with Crippen molar-refractivity contribution in [3.8, 4) is 0 Å². The predicted molar refractivity (Wildman–Crippen MR) is 74.0 cm³/mol. The van der Waals surface area contributed by atoms with E-state index in [1.807, 2.05) is 6.07 Å². The summed E-state index contributed by atoms with van der Waals surface area (Å²) in [7, 11) is -3.53. The Bertz CT molecular complexity index is 677. The summed E-state index contributed by atoms with van der Waals surface area (Å²) >= 11 is 0.889. The number of nitrogens with one attached hydrogen (secondary N) is 1. The van der Waals surface area contributed by atoms with Crippen LogP contribution in [0.1, 0.15) is 15.2 Å². The molecule has 1 heterocycles. The summed E-state index contributed by atoms with van der Waals surface area (Å²) in [6, 6.07) is 11.6. The molecule has 0 aliphatic carbocycles. The van der Waals surface area contributed by atoms with E-state index in [4.69, 9.17) is 5.11 Å². The maximum Gasteiger partial charge on any atom is 0.345 e. The molecule has 0 fully saturated rings. The van der Waals surface area contributed by atoms with Crippen molar-refractivity contribution < 1.29 is 18.3 Å². The number of anilines is 1. The van der Waals surface area contributed by atoms with Crippen LogP contribution in [0.2, 0.25) is 0 Å². The first kappa shape index (κ1) is 13.6. The zero-order valence-corrected chi connectivity index (χ0v) is 11.4. The third-order valence-corrected chi connectivity index (χ3v) is 4.63. The van der Waals surface area contributed by atoms with E-state index in [9.17, 15) is 13.2 Å². The molecule has 1 aromatic heterocycles. The smallest absolute Gasteiger partial charge is 0.345 e. The molecule has 0 radical (unpaired) electrons. The molecule has 0 bridgehead atoms. The Morgan fingerprint density at radius 2 is 1.84 bits per heavy atom. The van der Waals surface area contributed by atoms with Crippen LogP contribution in [0.15, 0.2) is 42.5 Å². The first-order chi connectivity index (χ1) is 8.96. The lowest BCUT2D eigenvalue weighted by molar-refractivity contribution is 0.0702. The highest BCUT2D eigenvalue weighted by Gasteiger charge is 2.14. The third-order valence-electron chi connectivity index (χ3n) is 2.27. The fourth-order valence-electron chi connectivity index (χ4n) is 1.49. The Morgan fingerprint density at radius 1 is 1.16 bits per heavy atom. The Hall–Kier alpha value is -1.86. The molecule has 2 aromatic rings. The number of carboxylic acid groups (broad SMARTS) is 1. The topological polar surface area (TPSA) is 83.5 Å². The number of rotatable bonds is 5. The normalized spacial score (nSPS) is 11.2. The molecule has 7 heteroatoms. The quantitative estimate of drug-likeness (QED) is 0.887. The van der Waals surface area contributed by atoms with Gasteiger partial charge in [-0.25, -0.2) is 13.2 Å². The number of sulfonamides is 1. The highest BCUT2D eigenvalue weighted by atomic mass is 32.2. The lowest BCUT2D eigenvalue weighted by Crippen LogP contribution is -2.14. The summed E-state index contributed by atoms with van der Waals surface area (Å²) in [6.45, 7) is 0. The Labute approximate surface area is 114 Å². The number of carboxylic acids is 1. The van der Waals surface area contributed by atoms with Gasteiger partial charge in [-0.3, -0.25) is 4.72 Å². The molecule has 0 unspecified atom stereocenters. The summed E-state index contributed by atoms with van der Waals surface area (Å²) in [5.74, 6) is -1.22. The minimum absolute atomic E-state index is 0.0948. The van der Waals surface area contributed by atoms with Crippen LogP contribution >= 0.6 is 11.3 Å². The van der Waals surface area contributed by atoms with E-state index in [2.05, 4.69) is 4.72 Å². The van der Waals surface area contributed by atoms with E-state index < -0.39 is 16.0 Å². The van der Waals surface area contributed by atoms with E-state index in [0.29, 0.717) is 10.6 Å². The van der Waals surface area contributed by atoms with Crippen molar-refractivity contribution in [3.63, 3.8) is 0 Å². The fourth-order valence-corrected chi connectivity index (χ4v) is 3.71. The van der Waals surface area contributed by atoms with Crippen LogP contribution in [0.5, 0.6) is 0 Å². The molecule has 0 aliphatic rings. The highest BCUT2D eigenvalue weighted by Crippen LogP contribution is 2.23. The van der Waals surface area contributed by atoms with Gasteiger partial charge in [0, 0.05) is 0 Å². The molecular formula is C12H11NO4S2. The van der Waals surface area contributed by atoms with Crippen LogP contribution in [0, 0.1) is 0 Å². The first-order valence-corrected chi connectivity index (χ1v) is 7.81. The van der Waals surface area contributed by atoms with Gasteiger partial charge < -0.3 is 5.11 Å². The van der Waals surface area contributed by atoms with Gasteiger partial charge in [0.2, 0.25) is 10.0 Å². The van der Waals surface area contributed by atoms with E-state index in [-0.39, 0.29) is 10.6 Å². The van der Waals surface area contributed by atoms with Gasteiger partial charge in [-0.1, -0.05) is 30.3 Å². The molecule has 0 saturated carbocycles. The summed E-state index contributed by atoms with van der Waals surface area (Å²) in [4.78, 5) is 10.8. The van der Waals surface area contributed by atoms with Gasteiger partial charge in [0.1, 0.15) is 9.88 Å². The van der Waals surface area contributed by atoms with Crippen molar-refractivity contribution >= 4 is 32.3 Å². The highest BCUT2D eigenvalue weighted by molar-refractivity contribution is 7.92. The van der Waals surface area contributed by atoms with Crippen molar-refractivity contribution in [1.82, 2.24) is 0 Å². The molecular weight excluding hydrogens is 286 g/mol. The molecule has 19 heavy (non-hydrogen) atoms. The number of aromatic carboxylic acids is 1. The Morgan fingerprint density at radius 3 is 2.42 bits per heavy atom. The van der Waals surface area contributed by atoms with Crippen LogP contribution < -0.4 is 4.72 Å². The molecule has 5 nitrogen and oxygen atoms in total. The molecule has 0 atom stereocenters. The fraction of sp³-hybridized carbons (Fsp3) is 0.0833. The van der Waals surface area contributed by atoms with Crippen molar-refractivity contribution in [2.75, 3.05) is 4.72 Å². The van der Waals surface area contributed by atoms with E-state index in [1.165, 1.54) is 12.1 Å². The minimum Gasteiger partial charge on any atom is -0.477 e. The number of carbonyl (C=O) groups is 1. The number of hydrogen-bond acceptors (Lipinski definition) is 4. The standard InChI is InChI=1S/C12H11NO4S2/c14-12(15)10-6-7-11(18-10)13-19(16,17)8-9-4-2-1-3-5-9/h1-7,13H,8H2,(H,14,15). The van der Waals surface area contributed by atoms with Crippen LogP contribution in [0.25, 0.3) is 0 Å². The molecule has 2 N–H and O–H groups in total. The average molecular weight is 297 g/mol. The van der Waals surface area contributed by atoms with Crippen molar-refractivity contribution in [1.29, 1.82) is 0 Å². The predicted octanol–water partition coefficient (Wildman–Crippen LogP) is 2.39. The second-order valence-corrected chi connectivity index (χ2v) is 6.62. The van der Waals surface area contributed by atoms with Crippen LogP contribution in [-0.4, -0.2) is 19.5 Å². The summed E-state index contributed by atoms with van der Waals surface area (Å²) in [5.41, 5.74) is 0.671. The molecule has 0 amide bonds. The van der Waals surface area contributed by atoms with Gasteiger partial charge in [-0.2, -0.15) is 0 Å². The second kappa shape index (κ2) is 5.41. The SMILES string of the molecule is O=C(O)c1ccc(NS(=O)(=O)Cc2ccccc2)s1. The summed E-state index contributed by atoms with van der Waals surface area (Å²) in [6.07, 6.45) is 0. The summed E-state index contributed by atoms with van der Waals surface area (Å²) in [5, 5.41) is 9.06. The Balaban J connectivity index is 2.10. The van der Waals surface area contributed by atoms with Gasteiger partial charge >= 0.3 is 5.97 Å². The van der Waals surface area contributed by atoms with E-state index in [1.54, 1.807) is 24.3 Å². The molecule has 0 saturated heterocycles. The maximum absolute atomic E-state index is 11.9. The second-order valence-electron chi connectivity index (χ2n) is 3.82. The lowest BCUT2D eigenvalue weighted by Gasteiger charge is -2.05.